The number of benzene rings is 1. The number of thioether (sulfide) groups is 1. The SMILES string of the molecule is COC(=O)c1ccc2c(c1)CC[C@H]2Nc1nc(Cl)nc2c1ncn2[C@@H]1SC[C@@H](O)[C@H]1O. The fraction of sp³-hybridized carbons (Fsp3) is 0.400. The molecule has 2 aliphatic rings. The topological polar surface area (TPSA) is 122 Å². The number of methoxy groups -OCH3 is 1. The minimum Gasteiger partial charge on any atom is -0.465 e. The summed E-state index contributed by atoms with van der Waals surface area (Å²) >= 11 is 7.64. The maximum Gasteiger partial charge on any atom is 0.337 e. The quantitative estimate of drug-likeness (QED) is 0.396. The van der Waals surface area contributed by atoms with Gasteiger partial charge in [0.2, 0.25) is 5.28 Å². The Morgan fingerprint density at radius 3 is 2.94 bits per heavy atom. The van der Waals surface area contributed by atoms with Gasteiger partial charge in [-0.3, -0.25) is 4.57 Å². The van der Waals surface area contributed by atoms with Gasteiger partial charge in [-0.1, -0.05) is 6.07 Å². The molecule has 0 radical (unpaired) electrons. The van der Waals surface area contributed by atoms with Gasteiger partial charge in [0.05, 0.1) is 31.1 Å². The van der Waals surface area contributed by atoms with E-state index in [9.17, 15) is 15.0 Å². The highest BCUT2D eigenvalue weighted by atomic mass is 35.5. The molecule has 1 fully saturated rings. The summed E-state index contributed by atoms with van der Waals surface area (Å²) in [4.78, 5) is 24.9. The first kappa shape index (κ1) is 20.5. The molecule has 5 rings (SSSR count). The van der Waals surface area contributed by atoms with Crippen LogP contribution >= 0.6 is 23.4 Å². The van der Waals surface area contributed by atoms with Crippen LogP contribution in [0.25, 0.3) is 11.2 Å². The van der Waals surface area contributed by atoms with Gasteiger partial charge >= 0.3 is 5.97 Å². The molecule has 2 aromatic heterocycles. The Labute approximate surface area is 186 Å². The van der Waals surface area contributed by atoms with E-state index in [1.165, 1.54) is 18.9 Å². The number of aliphatic hydroxyl groups excluding tert-OH is 2. The van der Waals surface area contributed by atoms with Crippen molar-refractivity contribution in [3.8, 4) is 0 Å². The van der Waals surface area contributed by atoms with Gasteiger partial charge in [-0.15, -0.1) is 11.8 Å². The number of halogens is 1. The third-order valence-corrected chi connectivity index (χ3v) is 7.30. The van der Waals surface area contributed by atoms with E-state index in [-0.39, 0.29) is 17.3 Å². The number of hydrogen-bond acceptors (Lipinski definition) is 9. The summed E-state index contributed by atoms with van der Waals surface area (Å²) in [5.41, 5.74) is 3.73. The number of aryl methyl sites for hydroxylation is 1. The lowest BCUT2D eigenvalue weighted by Gasteiger charge is -2.18. The largest absolute Gasteiger partial charge is 0.465 e. The number of ether oxygens (including phenoxy) is 1. The van der Waals surface area contributed by atoms with E-state index in [2.05, 4.69) is 20.3 Å². The Morgan fingerprint density at radius 2 is 2.19 bits per heavy atom. The first-order valence-electron chi connectivity index (χ1n) is 9.81. The summed E-state index contributed by atoms with van der Waals surface area (Å²) in [6.45, 7) is 0. The van der Waals surface area contributed by atoms with Crippen molar-refractivity contribution in [2.24, 2.45) is 0 Å². The van der Waals surface area contributed by atoms with Crippen molar-refractivity contribution in [1.82, 2.24) is 19.5 Å². The van der Waals surface area contributed by atoms with Crippen molar-refractivity contribution in [1.29, 1.82) is 0 Å². The molecule has 1 aromatic carbocycles. The van der Waals surface area contributed by atoms with E-state index in [1.807, 2.05) is 12.1 Å². The van der Waals surface area contributed by atoms with Gasteiger partial charge in [0.25, 0.3) is 0 Å². The lowest BCUT2D eigenvalue weighted by atomic mass is 10.0. The summed E-state index contributed by atoms with van der Waals surface area (Å²) in [5.74, 6) is 0.579. The average Bonchev–Trinajstić information content (AvgIpc) is 3.45. The van der Waals surface area contributed by atoms with Gasteiger partial charge in [0.1, 0.15) is 11.5 Å². The smallest absolute Gasteiger partial charge is 0.337 e. The van der Waals surface area contributed by atoms with E-state index in [4.69, 9.17) is 16.3 Å². The van der Waals surface area contributed by atoms with Crippen LogP contribution in [0.15, 0.2) is 24.5 Å². The first-order chi connectivity index (χ1) is 15.0. The predicted molar refractivity (Wildman–Crippen MR) is 116 cm³/mol. The predicted octanol–water partition coefficient (Wildman–Crippen LogP) is 2.33. The van der Waals surface area contributed by atoms with Crippen molar-refractivity contribution in [2.75, 3.05) is 18.2 Å². The molecule has 0 unspecified atom stereocenters. The van der Waals surface area contributed by atoms with Crippen molar-refractivity contribution in [3.05, 3.63) is 46.5 Å². The van der Waals surface area contributed by atoms with Crippen molar-refractivity contribution in [3.63, 3.8) is 0 Å². The maximum absolute atomic E-state index is 11.8. The molecule has 0 spiro atoms. The molecule has 11 heteroatoms. The van der Waals surface area contributed by atoms with Crippen LogP contribution in [0.4, 0.5) is 5.82 Å². The highest BCUT2D eigenvalue weighted by molar-refractivity contribution is 7.99. The van der Waals surface area contributed by atoms with E-state index in [0.29, 0.717) is 28.3 Å². The summed E-state index contributed by atoms with van der Waals surface area (Å²) < 4.78 is 6.53. The minimum atomic E-state index is -0.918. The molecule has 9 nitrogen and oxygen atoms in total. The van der Waals surface area contributed by atoms with Crippen LogP contribution in [-0.4, -0.2) is 60.8 Å². The van der Waals surface area contributed by atoms with Crippen LogP contribution in [0.2, 0.25) is 5.28 Å². The van der Waals surface area contributed by atoms with Crippen LogP contribution in [0, 0.1) is 0 Å². The molecule has 3 aromatic rings. The Bertz CT molecular complexity index is 1170. The van der Waals surface area contributed by atoms with E-state index in [1.54, 1.807) is 17.0 Å². The van der Waals surface area contributed by atoms with Gasteiger partial charge in [-0.05, 0) is 47.7 Å². The molecule has 162 valence electrons. The molecule has 31 heavy (non-hydrogen) atoms. The van der Waals surface area contributed by atoms with Gasteiger partial charge in [0.15, 0.2) is 17.0 Å². The number of hydrogen-bond donors (Lipinski definition) is 3. The van der Waals surface area contributed by atoms with Gasteiger partial charge in [-0.25, -0.2) is 9.78 Å². The average molecular weight is 462 g/mol. The van der Waals surface area contributed by atoms with Gasteiger partial charge < -0.3 is 20.3 Å². The standard InChI is InChI=1S/C20H20ClN5O4S/c1-30-19(29)10-2-4-11-9(6-10)3-5-12(11)23-16-14-17(25-20(21)24-16)26(8-22-14)18-15(28)13(27)7-31-18/h2,4,6,8,12-13,15,18,27-28H,3,5,7H2,1H3,(H,23,24,25)/t12-,13-,15-,18-/m1/s1. The van der Waals surface area contributed by atoms with Crippen molar-refractivity contribution >= 4 is 46.3 Å². The number of fused-ring (bicyclic) bond motifs is 2. The minimum absolute atomic E-state index is 0.0192. The molecular weight excluding hydrogens is 442 g/mol. The molecular formula is C20H20ClN5O4S. The zero-order valence-electron chi connectivity index (χ0n) is 16.5. The monoisotopic (exact) mass is 461 g/mol. The molecule has 0 amide bonds. The van der Waals surface area contributed by atoms with Gasteiger partial charge in [-0.2, -0.15) is 9.97 Å². The number of esters is 1. The highest BCUT2D eigenvalue weighted by Crippen LogP contribution is 2.40. The number of imidazole rings is 1. The molecule has 1 aliphatic carbocycles. The maximum atomic E-state index is 11.8. The van der Waals surface area contributed by atoms with E-state index >= 15 is 0 Å². The number of rotatable bonds is 4. The number of aromatic nitrogens is 4. The number of anilines is 1. The van der Waals surface area contributed by atoms with Crippen LogP contribution in [-0.2, 0) is 11.2 Å². The third kappa shape index (κ3) is 3.53. The van der Waals surface area contributed by atoms with E-state index < -0.39 is 17.6 Å². The lowest BCUT2D eigenvalue weighted by Crippen LogP contribution is -2.27. The van der Waals surface area contributed by atoms with Crippen LogP contribution < -0.4 is 5.32 Å². The second kappa shape index (κ2) is 7.94. The number of nitrogens with zero attached hydrogens (tertiary/aromatic N) is 4. The Morgan fingerprint density at radius 1 is 1.35 bits per heavy atom. The molecule has 0 saturated carbocycles. The fourth-order valence-electron chi connectivity index (χ4n) is 4.18. The second-order valence-corrected chi connectivity index (χ2v) is 9.08. The Hall–Kier alpha value is -2.40. The Kier molecular flexibility index (Phi) is 5.25. The van der Waals surface area contributed by atoms with Crippen LogP contribution in [0.1, 0.15) is 39.3 Å². The summed E-state index contributed by atoms with van der Waals surface area (Å²) in [7, 11) is 1.37. The van der Waals surface area contributed by atoms with Crippen LogP contribution in [0.5, 0.6) is 0 Å². The number of aliphatic hydroxyl groups is 2. The molecule has 0 bridgehead atoms. The van der Waals surface area contributed by atoms with Crippen molar-refractivity contribution < 1.29 is 19.7 Å². The van der Waals surface area contributed by atoms with Crippen molar-refractivity contribution in [2.45, 2.75) is 36.5 Å². The van der Waals surface area contributed by atoms with Crippen LogP contribution in [0.3, 0.4) is 0 Å². The van der Waals surface area contributed by atoms with E-state index in [0.717, 1.165) is 24.0 Å². The molecule has 1 aliphatic heterocycles. The second-order valence-electron chi connectivity index (χ2n) is 7.59. The number of carbonyl (C=O) groups is 1. The van der Waals surface area contributed by atoms with Gasteiger partial charge in [0, 0.05) is 5.75 Å². The lowest BCUT2D eigenvalue weighted by molar-refractivity contribution is 0.0313. The summed E-state index contributed by atoms with van der Waals surface area (Å²) in [5, 5.41) is 23.3. The number of carbonyl (C=O) groups excluding carboxylic acids is 1. The summed E-state index contributed by atoms with van der Waals surface area (Å²) in [6.07, 6.45) is 1.51. The first-order valence-corrected chi connectivity index (χ1v) is 11.2. The molecule has 4 atom stereocenters. The normalized spacial score (nSPS) is 25.0. The highest BCUT2D eigenvalue weighted by Gasteiger charge is 2.37. The molecule has 1 saturated heterocycles. The zero-order chi connectivity index (χ0) is 21.7. The number of nitrogens with one attached hydrogen (secondary N) is 1. The zero-order valence-corrected chi connectivity index (χ0v) is 18.1. The Balaban J connectivity index is 1.47. The fourth-order valence-corrected chi connectivity index (χ4v) is 5.63. The molecule has 3 N–H and O–H groups in total. The molecule has 3 heterocycles. The summed E-state index contributed by atoms with van der Waals surface area (Å²) in [6, 6.07) is 5.53. The third-order valence-electron chi connectivity index (χ3n) is 5.75.